The van der Waals surface area contributed by atoms with Gasteiger partial charge < -0.3 is 0 Å². The Labute approximate surface area is 92.7 Å². The van der Waals surface area contributed by atoms with Crippen molar-refractivity contribution in [1.29, 1.82) is 0 Å². The Morgan fingerprint density at radius 1 is 0.615 bits per heavy atom. The van der Waals surface area contributed by atoms with Gasteiger partial charge in [-0.05, 0) is 0 Å². The molecule has 0 amide bonds. The van der Waals surface area contributed by atoms with E-state index in [2.05, 4.69) is 22.9 Å². The zero-order valence-electron chi connectivity index (χ0n) is 9.23. The van der Waals surface area contributed by atoms with Crippen LogP contribution in [0.3, 0.4) is 0 Å². The van der Waals surface area contributed by atoms with Crippen molar-refractivity contribution in [2.45, 2.75) is 76.5 Å². The van der Waals surface area contributed by atoms with Crippen molar-refractivity contribution in [2.75, 3.05) is 0 Å². The zero-order chi connectivity index (χ0) is 9.78. The van der Waals surface area contributed by atoms with Crippen LogP contribution in [-0.4, -0.2) is 16.0 Å². The first-order valence-electron chi connectivity index (χ1n) is 6.02. The zero-order valence-corrected chi connectivity index (χ0v) is 11.1. The van der Waals surface area contributed by atoms with Crippen molar-refractivity contribution < 1.29 is 0 Å². The Balaban J connectivity index is 2.76. The molecule has 0 atom stereocenters. The standard InChI is InChI=1S/C12H26Se/c1-2-3-4-5-6-7-8-9-10-11-12-13/h13H,2-12H2,1H3. The van der Waals surface area contributed by atoms with Gasteiger partial charge in [-0.1, -0.05) is 0 Å². The van der Waals surface area contributed by atoms with Gasteiger partial charge >= 0.3 is 92.5 Å². The van der Waals surface area contributed by atoms with Gasteiger partial charge in [-0.3, -0.25) is 0 Å². The van der Waals surface area contributed by atoms with Crippen molar-refractivity contribution in [2.24, 2.45) is 0 Å². The summed E-state index contributed by atoms with van der Waals surface area (Å²) in [5.74, 6) is 0. The van der Waals surface area contributed by atoms with Crippen molar-refractivity contribution in [3.05, 3.63) is 0 Å². The Morgan fingerprint density at radius 3 is 1.38 bits per heavy atom. The van der Waals surface area contributed by atoms with E-state index in [1.807, 2.05) is 0 Å². The van der Waals surface area contributed by atoms with Gasteiger partial charge in [0.2, 0.25) is 0 Å². The summed E-state index contributed by atoms with van der Waals surface area (Å²) in [5.41, 5.74) is 0. The Kier molecular flexibility index (Phi) is 13.0. The number of rotatable bonds is 10. The molecule has 0 saturated heterocycles. The molecule has 0 nitrogen and oxygen atoms in total. The van der Waals surface area contributed by atoms with Gasteiger partial charge in [-0.15, -0.1) is 0 Å². The van der Waals surface area contributed by atoms with E-state index in [0.717, 1.165) is 0 Å². The average Bonchev–Trinajstić information content (AvgIpc) is 2.16. The fourth-order valence-electron chi connectivity index (χ4n) is 1.60. The minimum absolute atomic E-state index is 1.31. The SMILES string of the molecule is CCCCCCCCCCCC[SeH]. The molecule has 13 heavy (non-hydrogen) atoms. The number of unbranched alkanes of at least 4 members (excludes halogenated alkanes) is 9. The molecule has 0 rings (SSSR count). The van der Waals surface area contributed by atoms with Crippen LogP contribution in [0.4, 0.5) is 0 Å². The summed E-state index contributed by atoms with van der Waals surface area (Å²) in [6.07, 6.45) is 14.5. The molecule has 80 valence electrons. The summed E-state index contributed by atoms with van der Waals surface area (Å²) in [6, 6.07) is 0. The number of hydrogen-bond acceptors (Lipinski definition) is 0. The third-order valence-electron chi connectivity index (χ3n) is 2.51. The van der Waals surface area contributed by atoms with E-state index in [1.54, 1.807) is 0 Å². The van der Waals surface area contributed by atoms with Crippen LogP contribution in [0.25, 0.3) is 0 Å². The molecule has 1 heteroatoms. The maximum absolute atomic E-state index is 2.68. The van der Waals surface area contributed by atoms with Crippen molar-refractivity contribution >= 4 is 16.0 Å². The van der Waals surface area contributed by atoms with Crippen molar-refractivity contribution in [3.8, 4) is 0 Å². The molecule has 0 bridgehead atoms. The molecule has 0 unspecified atom stereocenters. The van der Waals surface area contributed by atoms with Gasteiger partial charge in [0.1, 0.15) is 0 Å². The second-order valence-corrected chi connectivity index (χ2v) is 4.84. The molecular formula is C12H26Se. The van der Waals surface area contributed by atoms with E-state index in [1.165, 1.54) is 69.5 Å². The molecule has 0 radical (unpaired) electrons. The molecule has 0 saturated carbocycles. The fourth-order valence-corrected chi connectivity index (χ4v) is 2.07. The third kappa shape index (κ3) is 12.5. The molecule has 0 N–H and O–H groups in total. The Hall–Kier alpha value is 0.519. The second-order valence-electron chi connectivity index (χ2n) is 3.91. The topological polar surface area (TPSA) is 0 Å². The predicted molar refractivity (Wildman–Crippen MR) is 63.8 cm³/mol. The molecule has 0 aromatic carbocycles. The average molecular weight is 249 g/mol. The van der Waals surface area contributed by atoms with E-state index in [0.29, 0.717) is 0 Å². The molecule has 0 spiro atoms. The maximum atomic E-state index is 2.68. The summed E-state index contributed by atoms with van der Waals surface area (Å²) >= 11 is 2.68. The van der Waals surface area contributed by atoms with Crippen LogP contribution in [0, 0.1) is 0 Å². The van der Waals surface area contributed by atoms with Gasteiger partial charge in [-0.25, -0.2) is 0 Å². The van der Waals surface area contributed by atoms with E-state index in [-0.39, 0.29) is 0 Å². The summed E-state index contributed by atoms with van der Waals surface area (Å²) in [4.78, 5) is 0. The van der Waals surface area contributed by atoms with Gasteiger partial charge in [0.15, 0.2) is 0 Å². The van der Waals surface area contributed by atoms with Gasteiger partial charge in [0.05, 0.1) is 0 Å². The summed E-state index contributed by atoms with van der Waals surface area (Å²) in [5, 5.41) is 1.31. The van der Waals surface area contributed by atoms with Crippen LogP contribution in [0.1, 0.15) is 71.1 Å². The molecule has 0 fully saturated rings. The molecule has 0 aliphatic rings. The first-order chi connectivity index (χ1) is 6.41. The predicted octanol–water partition coefficient (Wildman–Crippen LogP) is 4.23. The molecule has 0 aliphatic heterocycles. The van der Waals surface area contributed by atoms with Crippen molar-refractivity contribution in [3.63, 3.8) is 0 Å². The monoisotopic (exact) mass is 250 g/mol. The summed E-state index contributed by atoms with van der Waals surface area (Å²) in [6.45, 7) is 2.28. The number of hydrogen-bond donors (Lipinski definition) is 0. The Morgan fingerprint density at radius 2 is 1.00 bits per heavy atom. The van der Waals surface area contributed by atoms with E-state index < -0.39 is 0 Å². The quantitative estimate of drug-likeness (QED) is 0.401. The van der Waals surface area contributed by atoms with Crippen LogP contribution in [0.5, 0.6) is 0 Å². The van der Waals surface area contributed by atoms with Gasteiger partial charge in [0, 0.05) is 0 Å². The van der Waals surface area contributed by atoms with Crippen molar-refractivity contribution in [1.82, 2.24) is 0 Å². The normalized spacial score (nSPS) is 10.6. The first kappa shape index (κ1) is 13.5. The minimum atomic E-state index is 1.31. The van der Waals surface area contributed by atoms with Crippen LogP contribution in [-0.2, 0) is 0 Å². The molecular weight excluding hydrogens is 223 g/mol. The van der Waals surface area contributed by atoms with E-state index >= 15 is 0 Å². The van der Waals surface area contributed by atoms with Gasteiger partial charge in [-0.2, -0.15) is 0 Å². The third-order valence-corrected chi connectivity index (χ3v) is 3.18. The van der Waals surface area contributed by atoms with Crippen LogP contribution in [0.2, 0.25) is 5.32 Å². The fraction of sp³-hybridized carbons (Fsp3) is 1.00. The summed E-state index contributed by atoms with van der Waals surface area (Å²) in [7, 11) is 0. The molecule has 0 heterocycles. The van der Waals surface area contributed by atoms with Gasteiger partial charge in [0.25, 0.3) is 0 Å². The van der Waals surface area contributed by atoms with E-state index in [4.69, 9.17) is 0 Å². The first-order valence-corrected chi connectivity index (χ1v) is 7.35. The molecule has 0 aliphatic carbocycles. The van der Waals surface area contributed by atoms with E-state index in [9.17, 15) is 0 Å². The van der Waals surface area contributed by atoms with Crippen LogP contribution >= 0.6 is 0 Å². The Bertz CT molecular complexity index is 71.2. The second kappa shape index (κ2) is 12.5. The van der Waals surface area contributed by atoms with Crippen LogP contribution in [0.15, 0.2) is 0 Å². The molecule has 0 aromatic rings. The van der Waals surface area contributed by atoms with Crippen LogP contribution < -0.4 is 0 Å². The summed E-state index contributed by atoms with van der Waals surface area (Å²) < 4.78 is 0. The molecule has 0 aromatic heterocycles.